The maximum absolute atomic E-state index is 13.5. The summed E-state index contributed by atoms with van der Waals surface area (Å²) in [6.07, 6.45) is 12.5. The van der Waals surface area contributed by atoms with Gasteiger partial charge < -0.3 is 10.1 Å². The molecule has 5 rings (SSSR count). The van der Waals surface area contributed by atoms with E-state index in [1.165, 1.54) is 42.6 Å². The Morgan fingerprint density at radius 3 is 2.53 bits per heavy atom. The van der Waals surface area contributed by atoms with Crippen molar-refractivity contribution in [3.8, 4) is 5.75 Å². The molecule has 0 saturated carbocycles. The van der Waals surface area contributed by atoms with Crippen molar-refractivity contribution < 1.29 is 9.53 Å². The highest BCUT2D eigenvalue weighted by Gasteiger charge is 2.28. The monoisotopic (exact) mass is 484 g/mol. The molecule has 1 amide bonds. The Bertz CT molecular complexity index is 1130. The van der Waals surface area contributed by atoms with Crippen LogP contribution >= 0.6 is 0 Å². The van der Waals surface area contributed by atoms with Gasteiger partial charge in [-0.2, -0.15) is 0 Å². The largest absolute Gasteiger partial charge is 0.492 e. The van der Waals surface area contributed by atoms with Crippen molar-refractivity contribution in [3.63, 3.8) is 0 Å². The van der Waals surface area contributed by atoms with E-state index in [0.29, 0.717) is 18.4 Å². The number of likely N-dealkylation sites (tertiary alicyclic amines) is 1. The maximum atomic E-state index is 13.5. The molecule has 4 heteroatoms. The molecule has 0 radical (unpaired) electrons. The van der Waals surface area contributed by atoms with E-state index in [1.807, 2.05) is 18.2 Å². The second-order valence-electron chi connectivity index (χ2n) is 10.8. The van der Waals surface area contributed by atoms with E-state index in [9.17, 15) is 4.79 Å². The van der Waals surface area contributed by atoms with E-state index in [0.717, 1.165) is 61.2 Å². The van der Waals surface area contributed by atoms with Crippen LogP contribution in [0.2, 0.25) is 0 Å². The number of benzene rings is 2. The minimum absolute atomic E-state index is 0.0590. The maximum Gasteiger partial charge on any atom is 0.251 e. The summed E-state index contributed by atoms with van der Waals surface area (Å²) in [7, 11) is 0. The van der Waals surface area contributed by atoms with E-state index in [-0.39, 0.29) is 5.91 Å². The quantitative estimate of drug-likeness (QED) is 0.433. The van der Waals surface area contributed by atoms with Crippen molar-refractivity contribution in [1.82, 2.24) is 4.90 Å². The highest BCUT2D eigenvalue weighted by molar-refractivity contribution is 6.04. The van der Waals surface area contributed by atoms with Crippen LogP contribution in [0.4, 0.5) is 5.69 Å². The van der Waals surface area contributed by atoms with Gasteiger partial charge in [-0.3, -0.25) is 9.69 Å². The van der Waals surface area contributed by atoms with Gasteiger partial charge in [0, 0.05) is 29.8 Å². The number of hydrogen-bond donors (Lipinski definition) is 1. The first-order valence-electron chi connectivity index (χ1n) is 13.8. The number of aryl methyl sites for hydroxylation is 2. The van der Waals surface area contributed by atoms with Crippen molar-refractivity contribution >= 4 is 11.6 Å². The molecule has 1 fully saturated rings. The zero-order valence-electron chi connectivity index (χ0n) is 21.9. The topological polar surface area (TPSA) is 41.6 Å². The summed E-state index contributed by atoms with van der Waals surface area (Å²) in [4.78, 5) is 15.9. The van der Waals surface area contributed by atoms with E-state index < -0.39 is 0 Å². The fourth-order valence-corrected chi connectivity index (χ4v) is 5.96. The molecule has 1 N–H and O–H groups in total. The lowest BCUT2D eigenvalue weighted by Gasteiger charge is -2.25. The summed E-state index contributed by atoms with van der Waals surface area (Å²) < 4.78 is 6.12. The molecular formula is C32H40N2O2. The molecular weight excluding hydrogens is 444 g/mol. The number of allylic oxidation sites excluding steroid dienone is 3. The van der Waals surface area contributed by atoms with Gasteiger partial charge >= 0.3 is 0 Å². The van der Waals surface area contributed by atoms with Gasteiger partial charge in [0.2, 0.25) is 0 Å². The van der Waals surface area contributed by atoms with E-state index in [2.05, 4.69) is 60.5 Å². The normalized spacial score (nSPS) is 22.3. The molecule has 2 aliphatic carbocycles. The second-order valence-corrected chi connectivity index (χ2v) is 10.8. The number of nitrogens with zero attached hydrogens (tertiary/aromatic N) is 1. The van der Waals surface area contributed by atoms with Crippen molar-refractivity contribution in [2.75, 3.05) is 31.6 Å². The number of fused-ring (bicyclic) bond motifs is 1. The van der Waals surface area contributed by atoms with Gasteiger partial charge in [0.15, 0.2) is 0 Å². The first kappa shape index (κ1) is 24.8. The second kappa shape index (κ2) is 11.5. The van der Waals surface area contributed by atoms with Gasteiger partial charge in [0.05, 0.1) is 0 Å². The standard InChI is InChI=1S/C32H40N2O2/c1-23-8-11-25(12-9-23)26-13-14-27-6-5-7-30(29(27)17-15-26)32(35)33-28-16-10-24(2)31(22-28)36-21-20-34-18-3-4-19-34/h8-14,16,22,26-27H,3-7,15,17-21H2,1-2H3,(H,33,35). The van der Waals surface area contributed by atoms with Crippen molar-refractivity contribution in [2.45, 2.75) is 64.7 Å². The number of hydrogen-bond acceptors (Lipinski definition) is 3. The molecule has 2 aromatic carbocycles. The first-order chi connectivity index (χ1) is 17.6. The van der Waals surface area contributed by atoms with Gasteiger partial charge in [0.1, 0.15) is 12.4 Å². The van der Waals surface area contributed by atoms with Gasteiger partial charge in [-0.1, -0.05) is 53.6 Å². The van der Waals surface area contributed by atoms with Crippen LogP contribution in [0.5, 0.6) is 5.75 Å². The molecule has 2 aromatic rings. The minimum atomic E-state index is 0.0590. The Labute approximate surface area is 216 Å². The zero-order chi connectivity index (χ0) is 24.9. The van der Waals surface area contributed by atoms with Crippen LogP contribution in [0.25, 0.3) is 0 Å². The number of anilines is 1. The average Bonchev–Trinajstić information content (AvgIpc) is 3.31. The Hall–Kier alpha value is -2.85. The smallest absolute Gasteiger partial charge is 0.251 e. The van der Waals surface area contributed by atoms with Gasteiger partial charge in [-0.15, -0.1) is 0 Å². The molecule has 0 aromatic heterocycles. The lowest BCUT2D eigenvalue weighted by atomic mass is 9.80. The summed E-state index contributed by atoms with van der Waals surface area (Å²) in [6, 6.07) is 14.9. The van der Waals surface area contributed by atoms with Gasteiger partial charge in [0.25, 0.3) is 5.91 Å². The Balaban J connectivity index is 1.26. The molecule has 3 aliphatic rings. The molecule has 1 aliphatic heterocycles. The highest BCUT2D eigenvalue weighted by atomic mass is 16.5. The number of carbonyl (C=O) groups is 1. The number of carbonyl (C=O) groups excluding carboxylic acids is 1. The number of ether oxygens (including phenoxy) is 1. The number of nitrogens with one attached hydrogen (secondary N) is 1. The van der Waals surface area contributed by atoms with Crippen LogP contribution < -0.4 is 10.1 Å². The Morgan fingerprint density at radius 2 is 1.72 bits per heavy atom. The SMILES string of the molecule is Cc1ccc(C2C=CC3CCCC(C(=O)Nc4ccc(C)c(OCCN5CCCC5)c4)=C3CC2)cc1. The lowest BCUT2D eigenvalue weighted by molar-refractivity contribution is -0.113. The van der Waals surface area contributed by atoms with Crippen LogP contribution in [-0.2, 0) is 4.79 Å². The zero-order valence-corrected chi connectivity index (χ0v) is 21.9. The van der Waals surface area contributed by atoms with Crippen molar-refractivity contribution in [1.29, 1.82) is 0 Å². The molecule has 4 nitrogen and oxygen atoms in total. The van der Waals surface area contributed by atoms with E-state index in [1.54, 1.807) is 0 Å². The predicted molar refractivity (Wildman–Crippen MR) is 148 cm³/mol. The molecule has 2 atom stereocenters. The van der Waals surface area contributed by atoms with E-state index >= 15 is 0 Å². The van der Waals surface area contributed by atoms with Gasteiger partial charge in [-0.05, 0) is 95.0 Å². The third-order valence-electron chi connectivity index (χ3n) is 8.17. The molecule has 2 unspecified atom stereocenters. The van der Waals surface area contributed by atoms with Crippen LogP contribution in [0.3, 0.4) is 0 Å². The van der Waals surface area contributed by atoms with Crippen LogP contribution in [0.15, 0.2) is 65.8 Å². The van der Waals surface area contributed by atoms with Crippen LogP contribution in [-0.4, -0.2) is 37.0 Å². The van der Waals surface area contributed by atoms with Gasteiger partial charge in [-0.25, -0.2) is 0 Å². The van der Waals surface area contributed by atoms with Crippen molar-refractivity contribution in [2.24, 2.45) is 5.92 Å². The molecule has 0 bridgehead atoms. The Kier molecular flexibility index (Phi) is 7.91. The van der Waals surface area contributed by atoms with Crippen LogP contribution in [0.1, 0.15) is 67.6 Å². The summed E-state index contributed by atoms with van der Waals surface area (Å²) in [5.41, 5.74) is 6.93. The Morgan fingerprint density at radius 1 is 0.944 bits per heavy atom. The average molecular weight is 485 g/mol. The lowest BCUT2D eigenvalue weighted by Crippen LogP contribution is -2.25. The first-order valence-corrected chi connectivity index (χ1v) is 13.8. The number of rotatable bonds is 7. The summed E-state index contributed by atoms with van der Waals surface area (Å²) in [5.74, 6) is 1.73. The van der Waals surface area contributed by atoms with E-state index in [4.69, 9.17) is 4.74 Å². The number of amides is 1. The summed E-state index contributed by atoms with van der Waals surface area (Å²) >= 11 is 0. The minimum Gasteiger partial charge on any atom is -0.492 e. The third-order valence-corrected chi connectivity index (χ3v) is 8.17. The summed E-state index contributed by atoms with van der Waals surface area (Å²) in [5, 5.41) is 3.20. The fraction of sp³-hybridized carbons (Fsp3) is 0.469. The molecule has 1 heterocycles. The molecule has 0 spiro atoms. The summed E-state index contributed by atoms with van der Waals surface area (Å²) in [6.45, 7) is 8.20. The van der Waals surface area contributed by atoms with Crippen molar-refractivity contribution in [3.05, 3.63) is 82.5 Å². The third kappa shape index (κ3) is 5.92. The highest BCUT2D eigenvalue weighted by Crippen LogP contribution is 2.40. The van der Waals surface area contributed by atoms with Crippen LogP contribution in [0, 0.1) is 19.8 Å². The fourth-order valence-electron chi connectivity index (χ4n) is 5.96. The predicted octanol–water partition coefficient (Wildman–Crippen LogP) is 6.95. The molecule has 36 heavy (non-hydrogen) atoms. The molecule has 1 saturated heterocycles. The molecule has 190 valence electrons.